The summed E-state index contributed by atoms with van der Waals surface area (Å²) in [5, 5.41) is 0. The molecule has 1 saturated carbocycles. The molecule has 0 heterocycles. The van der Waals surface area contributed by atoms with Gasteiger partial charge in [-0.05, 0) is 49.5 Å². The van der Waals surface area contributed by atoms with Crippen LogP contribution in [0.3, 0.4) is 0 Å². The minimum absolute atomic E-state index is 0.823. The van der Waals surface area contributed by atoms with E-state index in [9.17, 15) is 0 Å². The van der Waals surface area contributed by atoms with Gasteiger partial charge in [0.15, 0.2) is 0 Å². The first-order valence-electron chi connectivity index (χ1n) is 8.95. The first kappa shape index (κ1) is 17.0. The molecular formula is C18H37N. The van der Waals surface area contributed by atoms with Gasteiger partial charge in [-0.15, -0.1) is 0 Å². The molecule has 0 radical (unpaired) electrons. The van der Waals surface area contributed by atoms with Crippen LogP contribution in [-0.4, -0.2) is 6.54 Å². The minimum atomic E-state index is 0.823. The molecule has 0 aromatic rings. The normalized spacial score (nSPS) is 29.4. The summed E-state index contributed by atoms with van der Waals surface area (Å²) in [6.45, 7) is 7.95. The lowest BCUT2D eigenvalue weighted by molar-refractivity contribution is 0.144. The van der Waals surface area contributed by atoms with Crippen molar-refractivity contribution >= 4 is 0 Å². The van der Waals surface area contributed by atoms with Crippen LogP contribution in [0.25, 0.3) is 0 Å². The summed E-state index contributed by atoms with van der Waals surface area (Å²) in [7, 11) is 0. The summed E-state index contributed by atoms with van der Waals surface area (Å²) >= 11 is 0. The van der Waals surface area contributed by atoms with E-state index < -0.39 is 0 Å². The Balaban J connectivity index is 2.48. The Kier molecular flexibility index (Phi) is 8.77. The number of hydrogen-bond donors (Lipinski definition) is 1. The zero-order valence-electron chi connectivity index (χ0n) is 13.7. The minimum Gasteiger partial charge on any atom is -0.330 e. The molecule has 1 fully saturated rings. The fraction of sp³-hybridized carbons (Fsp3) is 1.00. The van der Waals surface area contributed by atoms with Gasteiger partial charge in [-0.3, -0.25) is 0 Å². The first-order chi connectivity index (χ1) is 9.24. The highest BCUT2D eigenvalue weighted by molar-refractivity contribution is 4.82. The second kappa shape index (κ2) is 9.80. The SMILES string of the molecule is CCCCC(CC)CC1CC(CCC)CCC1CN. The van der Waals surface area contributed by atoms with Crippen molar-refractivity contribution in [2.45, 2.75) is 85.0 Å². The first-order valence-corrected chi connectivity index (χ1v) is 8.95. The lowest BCUT2D eigenvalue weighted by atomic mass is 9.69. The molecule has 1 heteroatoms. The van der Waals surface area contributed by atoms with Crippen molar-refractivity contribution in [1.29, 1.82) is 0 Å². The van der Waals surface area contributed by atoms with Gasteiger partial charge in [0.1, 0.15) is 0 Å². The zero-order valence-corrected chi connectivity index (χ0v) is 13.7. The predicted octanol–water partition coefficient (Wildman–Crippen LogP) is 5.38. The monoisotopic (exact) mass is 267 g/mol. The number of unbranched alkanes of at least 4 members (excludes halogenated alkanes) is 1. The Bertz CT molecular complexity index is 214. The summed E-state index contributed by atoms with van der Waals surface area (Å²) < 4.78 is 0. The van der Waals surface area contributed by atoms with Crippen molar-refractivity contribution < 1.29 is 0 Å². The van der Waals surface area contributed by atoms with Crippen molar-refractivity contribution in [3.8, 4) is 0 Å². The second-order valence-electron chi connectivity index (χ2n) is 6.88. The van der Waals surface area contributed by atoms with Crippen LogP contribution in [0.5, 0.6) is 0 Å². The maximum absolute atomic E-state index is 6.03. The number of hydrogen-bond acceptors (Lipinski definition) is 1. The van der Waals surface area contributed by atoms with E-state index >= 15 is 0 Å². The molecule has 1 nitrogen and oxygen atoms in total. The largest absolute Gasteiger partial charge is 0.330 e. The molecule has 0 saturated heterocycles. The van der Waals surface area contributed by atoms with Crippen LogP contribution in [0.2, 0.25) is 0 Å². The van der Waals surface area contributed by atoms with E-state index in [1.807, 2.05) is 0 Å². The topological polar surface area (TPSA) is 26.0 Å². The molecule has 0 aromatic carbocycles. The fourth-order valence-electron chi connectivity index (χ4n) is 4.10. The third-order valence-corrected chi connectivity index (χ3v) is 5.43. The van der Waals surface area contributed by atoms with Gasteiger partial charge in [0.25, 0.3) is 0 Å². The van der Waals surface area contributed by atoms with E-state index in [1.54, 1.807) is 0 Å². The summed E-state index contributed by atoms with van der Waals surface area (Å²) in [6.07, 6.45) is 14.1. The Morgan fingerprint density at radius 2 is 1.84 bits per heavy atom. The van der Waals surface area contributed by atoms with Crippen LogP contribution in [0.4, 0.5) is 0 Å². The predicted molar refractivity (Wildman–Crippen MR) is 86.2 cm³/mol. The summed E-state index contributed by atoms with van der Waals surface area (Å²) in [5.41, 5.74) is 6.03. The fourth-order valence-corrected chi connectivity index (χ4v) is 4.10. The molecule has 114 valence electrons. The van der Waals surface area contributed by atoms with Crippen molar-refractivity contribution in [2.24, 2.45) is 29.4 Å². The lowest BCUT2D eigenvalue weighted by Crippen LogP contribution is -2.31. The summed E-state index contributed by atoms with van der Waals surface area (Å²) in [5.74, 6) is 3.71. The molecule has 1 rings (SSSR count). The average molecular weight is 268 g/mol. The van der Waals surface area contributed by atoms with E-state index in [0.717, 1.165) is 30.2 Å². The van der Waals surface area contributed by atoms with Gasteiger partial charge in [-0.2, -0.15) is 0 Å². The van der Waals surface area contributed by atoms with Crippen molar-refractivity contribution in [3.05, 3.63) is 0 Å². The lowest BCUT2D eigenvalue weighted by Gasteiger charge is -2.37. The maximum atomic E-state index is 6.03. The summed E-state index contributed by atoms with van der Waals surface area (Å²) in [4.78, 5) is 0. The molecule has 1 aliphatic rings. The van der Waals surface area contributed by atoms with Gasteiger partial charge >= 0.3 is 0 Å². The highest BCUT2D eigenvalue weighted by Crippen LogP contribution is 2.40. The molecule has 4 unspecified atom stereocenters. The van der Waals surface area contributed by atoms with Gasteiger partial charge in [-0.25, -0.2) is 0 Å². The highest BCUT2D eigenvalue weighted by Gasteiger charge is 2.30. The number of nitrogens with two attached hydrogens (primary N) is 1. The number of rotatable bonds is 9. The standard InChI is InChI=1S/C18H37N/c1-4-7-9-15(6-3)12-18-13-16(8-5-2)10-11-17(18)14-19/h15-18H,4-14,19H2,1-3H3. The zero-order chi connectivity index (χ0) is 14.1. The van der Waals surface area contributed by atoms with Gasteiger partial charge in [0.05, 0.1) is 0 Å². The molecule has 0 aliphatic heterocycles. The van der Waals surface area contributed by atoms with Gasteiger partial charge in [0, 0.05) is 0 Å². The Morgan fingerprint density at radius 3 is 2.42 bits per heavy atom. The van der Waals surface area contributed by atoms with E-state index in [1.165, 1.54) is 64.2 Å². The van der Waals surface area contributed by atoms with Crippen LogP contribution in [0, 0.1) is 23.7 Å². The van der Waals surface area contributed by atoms with Gasteiger partial charge in [0.2, 0.25) is 0 Å². The van der Waals surface area contributed by atoms with E-state index in [2.05, 4.69) is 20.8 Å². The summed E-state index contributed by atoms with van der Waals surface area (Å²) in [6, 6.07) is 0. The van der Waals surface area contributed by atoms with Crippen LogP contribution >= 0.6 is 0 Å². The third kappa shape index (κ3) is 5.85. The van der Waals surface area contributed by atoms with E-state index in [4.69, 9.17) is 5.73 Å². The molecule has 0 aromatic heterocycles. The van der Waals surface area contributed by atoms with Crippen molar-refractivity contribution in [1.82, 2.24) is 0 Å². The van der Waals surface area contributed by atoms with E-state index in [0.29, 0.717) is 0 Å². The Morgan fingerprint density at radius 1 is 1.05 bits per heavy atom. The second-order valence-corrected chi connectivity index (χ2v) is 6.88. The molecule has 19 heavy (non-hydrogen) atoms. The van der Waals surface area contributed by atoms with Gasteiger partial charge < -0.3 is 5.73 Å². The van der Waals surface area contributed by atoms with Crippen LogP contribution in [-0.2, 0) is 0 Å². The molecule has 4 atom stereocenters. The third-order valence-electron chi connectivity index (χ3n) is 5.43. The molecular weight excluding hydrogens is 230 g/mol. The maximum Gasteiger partial charge on any atom is -0.00462 e. The smallest absolute Gasteiger partial charge is 0.00462 e. The van der Waals surface area contributed by atoms with Crippen LogP contribution in [0.1, 0.15) is 85.0 Å². The van der Waals surface area contributed by atoms with Crippen LogP contribution < -0.4 is 5.73 Å². The Hall–Kier alpha value is -0.0400. The van der Waals surface area contributed by atoms with Crippen molar-refractivity contribution in [2.75, 3.05) is 6.54 Å². The highest BCUT2D eigenvalue weighted by atomic mass is 14.6. The molecule has 2 N–H and O–H groups in total. The van der Waals surface area contributed by atoms with Gasteiger partial charge in [-0.1, -0.05) is 65.7 Å². The molecule has 0 spiro atoms. The van der Waals surface area contributed by atoms with Crippen molar-refractivity contribution in [3.63, 3.8) is 0 Å². The quantitative estimate of drug-likeness (QED) is 0.596. The Labute approximate surface area is 121 Å². The molecule has 0 bridgehead atoms. The average Bonchev–Trinajstić information content (AvgIpc) is 2.44. The van der Waals surface area contributed by atoms with E-state index in [-0.39, 0.29) is 0 Å². The van der Waals surface area contributed by atoms with Crippen LogP contribution in [0.15, 0.2) is 0 Å². The molecule has 0 amide bonds. The molecule has 1 aliphatic carbocycles.